The van der Waals surface area contributed by atoms with Gasteiger partial charge in [0.2, 0.25) is 5.91 Å². The molecule has 1 unspecified atom stereocenters. The van der Waals surface area contributed by atoms with Gasteiger partial charge in [0.15, 0.2) is 0 Å². The van der Waals surface area contributed by atoms with E-state index < -0.39 is 24.9 Å². The van der Waals surface area contributed by atoms with Crippen LogP contribution in [-0.2, 0) is 4.79 Å². The summed E-state index contributed by atoms with van der Waals surface area (Å²) >= 11 is 0. The number of hydrogen-bond donors (Lipinski definition) is 3. The molecule has 1 aliphatic heterocycles. The maximum atomic E-state index is 13.0. The van der Waals surface area contributed by atoms with E-state index in [-0.39, 0.29) is 17.9 Å². The molecule has 0 spiro atoms. The molecule has 1 fully saturated rings. The van der Waals surface area contributed by atoms with Gasteiger partial charge in [-0.15, -0.1) is 0 Å². The van der Waals surface area contributed by atoms with Gasteiger partial charge in [0.25, 0.3) is 5.92 Å². The van der Waals surface area contributed by atoms with Gasteiger partial charge in [-0.1, -0.05) is 13.8 Å². The van der Waals surface area contributed by atoms with Crippen molar-refractivity contribution in [2.24, 2.45) is 5.41 Å². The fourth-order valence-corrected chi connectivity index (χ4v) is 2.48. The summed E-state index contributed by atoms with van der Waals surface area (Å²) in [4.78, 5) is 11.8. The van der Waals surface area contributed by atoms with E-state index in [1.54, 1.807) is 0 Å². The summed E-state index contributed by atoms with van der Waals surface area (Å²) in [6.07, 6.45) is 1.83. The molecule has 19 heavy (non-hydrogen) atoms. The minimum absolute atomic E-state index is 0.0668. The van der Waals surface area contributed by atoms with Crippen LogP contribution in [0, 0.1) is 5.41 Å². The van der Waals surface area contributed by atoms with E-state index in [2.05, 4.69) is 10.6 Å². The van der Waals surface area contributed by atoms with Crippen molar-refractivity contribution < 1.29 is 18.7 Å². The Bertz CT molecular complexity index is 307. The fourth-order valence-electron chi connectivity index (χ4n) is 2.48. The number of halogens is 2. The average Bonchev–Trinajstić information content (AvgIpc) is 2.75. The maximum absolute atomic E-state index is 13.0. The Morgan fingerprint density at radius 2 is 2.11 bits per heavy atom. The van der Waals surface area contributed by atoms with E-state index in [0.717, 1.165) is 12.8 Å². The predicted octanol–water partition coefficient (Wildman–Crippen LogP) is 1.29. The molecule has 1 rings (SSSR count). The highest BCUT2D eigenvalue weighted by atomic mass is 19.3. The van der Waals surface area contributed by atoms with Gasteiger partial charge in [0.05, 0.1) is 12.6 Å². The third kappa shape index (κ3) is 4.38. The minimum atomic E-state index is -2.79. The van der Waals surface area contributed by atoms with Crippen LogP contribution in [0.1, 0.15) is 39.5 Å². The summed E-state index contributed by atoms with van der Waals surface area (Å²) in [6.45, 7) is 4.06. The minimum Gasteiger partial charge on any atom is -0.396 e. The van der Waals surface area contributed by atoms with Crippen molar-refractivity contribution in [1.82, 2.24) is 10.6 Å². The topological polar surface area (TPSA) is 61.4 Å². The molecule has 6 heteroatoms. The smallest absolute Gasteiger partial charge is 0.262 e. The van der Waals surface area contributed by atoms with Crippen molar-refractivity contribution in [3.63, 3.8) is 0 Å². The molecule has 0 aromatic rings. The summed E-state index contributed by atoms with van der Waals surface area (Å²) in [5.74, 6) is -3.17. The third-order valence-electron chi connectivity index (χ3n) is 4.21. The van der Waals surface area contributed by atoms with Crippen LogP contribution in [0.15, 0.2) is 0 Å². The molecule has 1 amide bonds. The van der Waals surface area contributed by atoms with E-state index in [9.17, 15) is 13.6 Å². The Kier molecular flexibility index (Phi) is 5.67. The summed E-state index contributed by atoms with van der Waals surface area (Å²) in [5.41, 5.74) is -0.147. The van der Waals surface area contributed by atoms with Gasteiger partial charge in [-0.2, -0.15) is 0 Å². The number of nitrogens with one attached hydrogen (secondary N) is 2. The predicted molar refractivity (Wildman–Crippen MR) is 69.1 cm³/mol. The Hall–Kier alpha value is -0.750. The zero-order valence-electron chi connectivity index (χ0n) is 11.6. The van der Waals surface area contributed by atoms with Crippen LogP contribution in [-0.4, -0.2) is 42.7 Å². The van der Waals surface area contributed by atoms with E-state index >= 15 is 0 Å². The van der Waals surface area contributed by atoms with Crippen molar-refractivity contribution in [2.45, 2.75) is 51.5 Å². The first-order valence-electron chi connectivity index (χ1n) is 6.88. The highest BCUT2D eigenvalue weighted by Crippen LogP contribution is 2.30. The van der Waals surface area contributed by atoms with Gasteiger partial charge >= 0.3 is 0 Å². The van der Waals surface area contributed by atoms with Gasteiger partial charge in [-0.3, -0.25) is 10.1 Å². The van der Waals surface area contributed by atoms with Crippen LogP contribution in [0.5, 0.6) is 0 Å². The first-order chi connectivity index (χ1) is 8.88. The number of amides is 1. The monoisotopic (exact) mass is 278 g/mol. The third-order valence-corrected chi connectivity index (χ3v) is 4.21. The summed E-state index contributed by atoms with van der Waals surface area (Å²) in [7, 11) is 0. The molecule has 0 radical (unpaired) electrons. The van der Waals surface area contributed by atoms with E-state index in [4.69, 9.17) is 5.11 Å². The van der Waals surface area contributed by atoms with Crippen molar-refractivity contribution >= 4 is 5.91 Å². The second kappa shape index (κ2) is 6.61. The van der Waals surface area contributed by atoms with Gasteiger partial charge in [0, 0.05) is 19.6 Å². The lowest BCUT2D eigenvalue weighted by atomic mass is 9.79. The van der Waals surface area contributed by atoms with E-state index in [1.807, 2.05) is 13.8 Å². The van der Waals surface area contributed by atoms with Crippen LogP contribution in [0.4, 0.5) is 8.78 Å². The van der Waals surface area contributed by atoms with Crippen LogP contribution >= 0.6 is 0 Å². The lowest BCUT2D eigenvalue weighted by Gasteiger charge is -2.31. The van der Waals surface area contributed by atoms with Gasteiger partial charge in [-0.05, 0) is 24.7 Å². The summed E-state index contributed by atoms with van der Waals surface area (Å²) in [6, 6.07) is -0.810. The zero-order chi connectivity index (χ0) is 14.5. The van der Waals surface area contributed by atoms with Crippen molar-refractivity contribution in [1.29, 1.82) is 0 Å². The molecule has 1 heterocycles. The lowest BCUT2D eigenvalue weighted by Crippen LogP contribution is -2.45. The molecule has 0 bridgehead atoms. The van der Waals surface area contributed by atoms with Crippen molar-refractivity contribution in [3.8, 4) is 0 Å². The second-order valence-electron chi connectivity index (χ2n) is 5.39. The van der Waals surface area contributed by atoms with Crippen LogP contribution in [0.2, 0.25) is 0 Å². The zero-order valence-corrected chi connectivity index (χ0v) is 11.6. The summed E-state index contributed by atoms with van der Waals surface area (Å²) < 4.78 is 26.0. The summed E-state index contributed by atoms with van der Waals surface area (Å²) in [5, 5.41) is 14.4. The molecular weight excluding hydrogens is 254 g/mol. The molecule has 0 saturated carbocycles. The number of alkyl halides is 2. The molecular formula is C13H24F2N2O2. The first kappa shape index (κ1) is 16.3. The molecule has 1 atom stereocenters. The Morgan fingerprint density at radius 3 is 2.53 bits per heavy atom. The van der Waals surface area contributed by atoms with Gasteiger partial charge < -0.3 is 10.4 Å². The Morgan fingerprint density at radius 1 is 1.47 bits per heavy atom. The van der Waals surface area contributed by atoms with Crippen molar-refractivity contribution in [3.05, 3.63) is 0 Å². The Labute approximate surface area is 112 Å². The van der Waals surface area contributed by atoms with Crippen molar-refractivity contribution in [2.75, 3.05) is 19.7 Å². The molecule has 112 valence electrons. The highest BCUT2D eigenvalue weighted by molar-refractivity contribution is 5.82. The molecule has 1 aliphatic rings. The Balaban J connectivity index is 2.48. The standard InChI is InChI=1S/C13H24F2N2O2/c1-3-12(4-2,5-6-18)8-17-11(19)10-7-13(14,15)9-16-10/h10,16,18H,3-9H2,1-2H3,(H,17,19). The van der Waals surface area contributed by atoms with Crippen LogP contribution in [0.3, 0.4) is 0 Å². The molecule has 0 aromatic carbocycles. The maximum Gasteiger partial charge on any atom is 0.262 e. The van der Waals surface area contributed by atoms with Gasteiger partial charge in [0.1, 0.15) is 0 Å². The molecule has 0 aliphatic carbocycles. The fraction of sp³-hybridized carbons (Fsp3) is 0.923. The normalized spacial score (nSPS) is 22.5. The quantitative estimate of drug-likeness (QED) is 0.657. The second-order valence-corrected chi connectivity index (χ2v) is 5.39. The van der Waals surface area contributed by atoms with E-state index in [1.165, 1.54) is 0 Å². The van der Waals surface area contributed by atoms with Gasteiger partial charge in [-0.25, -0.2) is 8.78 Å². The van der Waals surface area contributed by atoms with Crippen LogP contribution < -0.4 is 10.6 Å². The largest absolute Gasteiger partial charge is 0.396 e. The highest BCUT2D eigenvalue weighted by Gasteiger charge is 2.42. The molecule has 1 saturated heterocycles. The number of rotatable bonds is 7. The number of aliphatic hydroxyl groups excluding tert-OH is 1. The number of carbonyl (C=O) groups is 1. The number of hydrogen-bond acceptors (Lipinski definition) is 3. The molecule has 4 nitrogen and oxygen atoms in total. The SMILES string of the molecule is CCC(CC)(CCO)CNC(=O)C1CC(F)(F)CN1. The van der Waals surface area contributed by atoms with E-state index in [0.29, 0.717) is 13.0 Å². The molecule has 3 N–H and O–H groups in total. The van der Waals surface area contributed by atoms with Crippen LogP contribution in [0.25, 0.3) is 0 Å². The lowest BCUT2D eigenvalue weighted by molar-refractivity contribution is -0.124. The molecule has 0 aromatic heterocycles. The first-order valence-corrected chi connectivity index (χ1v) is 6.88. The average molecular weight is 278 g/mol. The number of carbonyl (C=O) groups excluding carboxylic acids is 1. The number of aliphatic hydroxyl groups is 1.